The summed E-state index contributed by atoms with van der Waals surface area (Å²) in [7, 11) is 4.82. The highest BCUT2D eigenvalue weighted by Crippen LogP contribution is 2.78. The lowest BCUT2D eigenvalue weighted by Crippen LogP contribution is -2.67. The fraction of sp³-hybridized carbons (Fsp3) is 0.610. The first kappa shape index (κ1) is 35.0. The molecule has 0 saturated heterocycles. The molecule has 0 radical (unpaired) electrons. The van der Waals surface area contributed by atoms with Gasteiger partial charge in [-0.15, -0.1) is 0 Å². The summed E-state index contributed by atoms with van der Waals surface area (Å²) in [6.45, 7) is 5.75. The van der Waals surface area contributed by atoms with Gasteiger partial charge in [0.05, 0.1) is 38.6 Å². The Balaban J connectivity index is 1.24. The normalized spacial score (nSPS) is 36.6. The van der Waals surface area contributed by atoms with Crippen molar-refractivity contribution < 1.29 is 38.4 Å². The molecule has 50 heavy (non-hydrogen) atoms. The molecule has 2 bridgehead atoms. The second-order valence-electron chi connectivity index (χ2n) is 16.1. The first-order chi connectivity index (χ1) is 23.9. The highest BCUT2D eigenvalue weighted by atomic mass is 16.5. The van der Waals surface area contributed by atoms with E-state index in [1.54, 1.807) is 39.7 Å². The van der Waals surface area contributed by atoms with Crippen LogP contribution in [0.3, 0.4) is 0 Å². The van der Waals surface area contributed by atoms with Crippen LogP contribution < -0.4 is 9.47 Å². The molecule has 2 spiro atoms. The van der Waals surface area contributed by atoms with Crippen LogP contribution in [-0.4, -0.2) is 79.5 Å². The Labute approximate surface area is 295 Å². The van der Waals surface area contributed by atoms with Crippen molar-refractivity contribution in [3.8, 4) is 11.5 Å². The number of fused-ring (bicyclic) bond motifs is 1. The molecule has 1 heterocycles. The average Bonchev–Trinajstić information content (AvgIpc) is 3.74. The molecule has 8 rings (SSSR count). The molecule has 6 aliphatic carbocycles. The van der Waals surface area contributed by atoms with E-state index in [9.17, 15) is 19.8 Å². The molecule has 2 aromatic rings. The van der Waals surface area contributed by atoms with Gasteiger partial charge in [0.25, 0.3) is 0 Å². The minimum absolute atomic E-state index is 0.0242. The molecule has 9 nitrogen and oxygen atoms in total. The van der Waals surface area contributed by atoms with Crippen molar-refractivity contribution in [1.82, 2.24) is 4.90 Å². The van der Waals surface area contributed by atoms with Crippen molar-refractivity contribution in [3.63, 3.8) is 0 Å². The van der Waals surface area contributed by atoms with Crippen LogP contribution in [0.25, 0.3) is 0 Å². The SMILES string of the molecule is COCCCN(CC1(O)CCC2C34C=CC5(C=C3C(=O)c3ccco3)CC(O)CCC5(C)C4CCC21C)C(=O)Cc1ccc(OC)c(OC)c1. The number of hydrogen-bond donors (Lipinski definition) is 2. The number of benzene rings is 1. The van der Waals surface area contributed by atoms with Gasteiger partial charge >= 0.3 is 0 Å². The molecule has 0 aliphatic heterocycles. The maximum atomic E-state index is 14.5. The number of methoxy groups -OCH3 is 3. The molecule has 8 atom stereocenters. The van der Waals surface area contributed by atoms with Gasteiger partial charge in [0.1, 0.15) is 0 Å². The lowest BCUT2D eigenvalue weighted by atomic mass is 9.32. The number of rotatable bonds is 12. The van der Waals surface area contributed by atoms with Crippen LogP contribution in [0.5, 0.6) is 11.5 Å². The predicted octanol–water partition coefficient (Wildman–Crippen LogP) is 6.18. The van der Waals surface area contributed by atoms with Crippen LogP contribution in [0, 0.1) is 33.5 Å². The van der Waals surface area contributed by atoms with Crippen LogP contribution in [0.15, 0.2) is 64.8 Å². The maximum Gasteiger partial charge on any atom is 0.227 e. The molecule has 1 aromatic heterocycles. The maximum absolute atomic E-state index is 14.5. The van der Waals surface area contributed by atoms with Gasteiger partial charge in [-0.3, -0.25) is 9.59 Å². The number of ether oxygens (including phenoxy) is 3. The highest BCUT2D eigenvalue weighted by molar-refractivity contribution is 6.08. The topological polar surface area (TPSA) is 119 Å². The van der Waals surface area contributed by atoms with Crippen LogP contribution in [0.2, 0.25) is 0 Å². The van der Waals surface area contributed by atoms with Gasteiger partial charge in [-0.1, -0.05) is 38.1 Å². The monoisotopic (exact) mass is 687 g/mol. The summed E-state index contributed by atoms with van der Waals surface area (Å²) in [6, 6.07) is 9.01. The lowest BCUT2D eigenvalue weighted by molar-refractivity contribution is -0.178. The molecule has 9 heteroatoms. The molecule has 2 N–H and O–H groups in total. The van der Waals surface area contributed by atoms with E-state index in [0.717, 1.165) is 43.2 Å². The Hall–Kier alpha value is -3.40. The van der Waals surface area contributed by atoms with Gasteiger partial charge in [0.15, 0.2) is 17.3 Å². The summed E-state index contributed by atoms with van der Waals surface area (Å²) < 4.78 is 22.0. The van der Waals surface area contributed by atoms with Gasteiger partial charge in [0.2, 0.25) is 11.7 Å². The van der Waals surface area contributed by atoms with E-state index in [2.05, 4.69) is 32.1 Å². The summed E-state index contributed by atoms with van der Waals surface area (Å²) >= 11 is 0. The van der Waals surface area contributed by atoms with E-state index in [4.69, 9.17) is 18.6 Å². The number of furan rings is 1. The van der Waals surface area contributed by atoms with Crippen LogP contribution in [0.4, 0.5) is 0 Å². The van der Waals surface area contributed by atoms with Crippen LogP contribution in [-0.2, 0) is 16.0 Å². The first-order valence-electron chi connectivity index (χ1n) is 18.3. The number of Topliss-reactive ketones (excluding diaryl/α,β-unsaturated/α-hetero) is 1. The van der Waals surface area contributed by atoms with Gasteiger partial charge in [0, 0.05) is 48.6 Å². The quantitative estimate of drug-likeness (QED) is 0.154. The summed E-state index contributed by atoms with van der Waals surface area (Å²) in [6.07, 6.45) is 13.9. The number of aliphatic hydroxyl groups excluding tert-OH is 1. The zero-order valence-corrected chi connectivity index (χ0v) is 30.2. The minimum Gasteiger partial charge on any atom is -0.493 e. The summed E-state index contributed by atoms with van der Waals surface area (Å²) in [5.74, 6) is 1.48. The zero-order valence-electron chi connectivity index (χ0n) is 30.2. The van der Waals surface area contributed by atoms with E-state index in [1.807, 2.05) is 23.1 Å². The number of amides is 1. The standard InChI is InChI=1S/C41H53NO8/c1-37-14-11-28(43)24-39(37)17-18-41(29(25-39)36(45)31-8-6-21-50-31)33(37)12-15-38(2)34(41)13-16-40(38,46)26-42(19-7-20-47-3)35(44)23-27-9-10-30(48-4)32(22-27)49-5/h6,8-10,17-18,21-22,25,28,33-34,43,46H,7,11-16,19-20,23-24,26H2,1-5H3. The van der Waals surface area contributed by atoms with Gasteiger partial charge < -0.3 is 33.7 Å². The second-order valence-corrected chi connectivity index (χ2v) is 16.1. The third kappa shape index (κ3) is 5.05. The number of ketones is 1. The number of carbonyl (C=O) groups excluding carboxylic acids is 2. The van der Waals surface area contributed by atoms with E-state index in [-0.39, 0.29) is 41.9 Å². The Bertz CT molecular complexity index is 1680. The van der Waals surface area contributed by atoms with E-state index < -0.39 is 27.9 Å². The van der Waals surface area contributed by atoms with Gasteiger partial charge in [-0.25, -0.2) is 0 Å². The van der Waals surface area contributed by atoms with E-state index in [0.29, 0.717) is 49.7 Å². The van der Waals surface area contributed by atoms with Crippen LogP contribution >= 0.6 is 0 Å². The molecule has 1 amide bonds. The number of aliphatic hydroxyl groups is 2. The molecule has 1 aromatic carbocycles. The molecular weight excluding hydrogens is 634 g/mol. The smallest absolute Gasteiger partial charge is 0.227 e. The minimum atomic E-state index is -1.17. The Kier molecular flexibility index (Phi) is 8.88. The number of nitrogens with zero attached hydrogens (tertiary/aromatic N) is 1. The molecule has 8 unspecified atom stereocenters. The summed E-state index contributed by atoms with van der Waals surface area (Å²) in [5.41, 5.74) is -1.30. The molecule has 6 aliphatic rings. The Morgan fingerprint density at radius 2 is 1.70 bits per heavy atom. The van der Waals surface area contributed by atoms with Crippen molar-refractivity contribution in [1.29, 1.82) is 0 Å². The molecule has 3 fully saturated rings. The molecule has 3 saturated carbocycles. The van der Waals surface area contributed by atoms with Gasteiger partial charge in [-0.2, -0.15) is 0 Å². The Morgan fingerprint density at radius 1 is 0.960 bits per heavy atom. The second kappa shape index (κ2) is 12.7. The van der Waals surface area contributed by atoms with Crippen molar-refractivity contribution >= 4 is 11.7 Å². The molecule has 270 valence electrons. The van der Waals surface area contributed by atoms with E-state index >= 15 is 0 Å². The fourth-order valence-corrected chi connectivity index (χ4v) is 11.4. The van der Waals surface area contributed by atoms with Crippen molar-refractivity contribution in [2.75, 3.05) is 41.0 Å². The third-order valence-corrected chi connectivity index (χ3v) is 14.1. The zero-order chi connectivity index (χ0) is 35.5. The highest BCUT2D eigenvalue weighted by Gasteiger charge is 2.74. The van der Waals surface area contributed by atoms with Crippen molar-refractivity contribution in [3.05, 3.63) is 71.7 Å². The van der Waals surface area contributed by atoms with Crippen molar-refractivity contribution in [2.45, 2.75) is 83.3 Å². The Morgan fingerprint density at radius 3 is 2.42 bits per heavy atom. The fourth-order valence-electron chi connectivity index (χ4n) is 11.4. The number of carbonyl (C=O) groups is 2. The number of allylic oxidation sites excluding steroid dienone is 4. The largest absolute Gasteiger partial charge is 0.493 e. The lowest BCUT2D eigenvalue weighted by Gasteiger charge is -2.71. The van der Waals surface area contributed by atoms with Crippen molar-refractivity contribution in [2.24, 2.45) is 33.5 Å². The van der Waals surface area contributed by atoms with Crippen LogP contribution in [0.1, 0.15) is 81.3 Å². The summed E-state index contributed by atoms with van der Waals surface area (Å²) in [5, 5.41) is 23.9. The third-order valence-electron chi connectivity index (χ3n) is 14.1. The van der Waals surface area contributed by atoms with E-state index in [1.165, 1.54) is 0 Å². The summed E-state index contributed by atoms with van der Waals surface area (Å²) in [4.78, 5) is 30.4. The average molecular weight is 688 g/mol. The molecular formula is C41H53NO8. The predicted molar refractivity (Wildman–Crippen MR) is 188 cm³/mol. The first-order valence-corrected chi connectivity index (χ1v) is 18.3. The van der Waals surface area contributed by atoms with Gasteiger partial charge in [-0.05, 0) is 98.4 Å². The number of hydrogen-bond acceptors (Lipinski definition) is 8.